The Kier molecular flexibility index (Phi) is 2.96. The molecular weight excluding hydrogens is 182 g/mol. The number of ether oxygens (including phenoxy) is 1. The minimum absolute atomic E-state index is 0.0418. The van der Waals surface area contributed by atoms with E-state index in [0.717, 1.165) is 0 Å². The molecule has 76 valence electrons. The number of hydrogen-bond acceptors (Lipinski definition) is 4. The number of aryl methyl sites for hydroxylation is 1. The summed E-state index contributed by atoms with van der Waals surface area (Å²) in [6, 6.07) is 2.98. The molecule has 0 spiro atoms. The van der Waals surface area contributed by atoms with E-state index in [4.69, 9.17) is 5.73 Å². The van der Waals surface area contributed by atoms with E-state index in [1.165, 1.54) is 13.2 Å². The maximum absolute atomic E-state index is 11.2. The van der Waals surface area contributed by atoms with Gasteiger partial charge in [0.1, 0.15) is 5.75 Å². The molecule has 14 heavy (non-hydrogen) atoms. The molecule has 0 unspecified atom stereocenters. The predicted molar refractivity (Wildman–Crippen MR) is 53.2 cm³/mol. The average Bonchev–Trinajstić information content (AvgIpc) is 2.20. The number of carbonyl (C=O) groups excluding carboxylic acids is 1. The lowest BCUT2D eigenvalue weighted by Crippen LogP contribution is -2.03. The van der Waals surface area contributed by atoms with Crippen molar-refractivity contribution >= 4 is 11.7 Å². The number of nitrogen functional groups attached to an aromatic ring is 1. The van der Waals surface area contributed by atoms with Gasteiger partial charge < -0.3 is 15.6 Å². The van der Waals surface area contributed by atoms with Gasteiger partial charge in [-0.15, -0.1) is 0 Å². The van der Waals surface area contributed by atoms with Gasteiger partial charge in [0.15, 0.2) is 0 Å². The number of benzene rings is 1. The average molecular weight is 195 g/mol. The van der Waals surface area contributed by atoms with Gasteiger partial charge in [0.05, 0.1) is 18.4 Å². The molecule has 1 aromatic carbocycles. The van der Waals surface area contributed by atoms with Gasteiger partial charge in [0, 0.05) is 0 Å². The van der Waals surface area contributed by atoms with Crippen molar-refractivity contribution in [3.05, 3.63) is 23.3 Å². The molecule has 4 nitrogen and oxygen atoms in total. The number of methoxy groups -OCH3 is 1. The molecule has 3 N–H and O–H groups in total. The third kappa shape index (κ3) is 1.79. The van der Waals surface area contributed by atoms with E-state index in [2.05, 4.69) is 4.74 Å². The largest absolute Gasteiger partial charge is 0.506 e. The maximum atomic E-state index is 11.2. The molecule has 0 aromatic heterocycles. The van der Waals surface area contributed by atoms with Crippen LogP contribution in [0.25, 0.3) is 0 Å². The van der Waals surface area contributed by atoms with Crippen LogP contribution in [-0.4, -0.2) is 18.2 Å². The molecule has 1 rings (SSSR count). The van der Waals surface area contributed by atoms with Gasteiger partial charge >= 0.3 is 5.97 Å². The van der Waals surface area contributed by atoms with Gasteiger partial charge in [-0.05, 0) is 24.1 Å². The molecule has 0 fully saturated rings. The van der Waals surface area contributed by atoms with E-state index in [-0.39, 0.29) is 11.4 Å². The third-order valence-corrected chi connectivity index (χ3v) is 2.02. The highest BCUT2D eigenvalue weighted by molar-refractivity contribution is 5.91. The number of anilines is 1. The standard InChI is InChI=1S/C10H13NO3/c1-3-6-4-7(10(13)14-2)5-8(11)9(6)12/h4-5,12H,3,11H2,1-2H3. The van der Waals surface area contributed by atoms with Gasteiger partial charge in [-0.1, -0.05) is 6.92 Å². The summed E-state index contributed by atoms with van der Waals surface area (Å²) in [5, 5.41) is 9.50. The number of aromatic hydroxyl groups is 1. The Morgan fingerprint density at radius 2 is 2.21 bits per heavy atom. The Balaban J connectivity index is 3.22. The Hall–Kier alpha value is -1.71. The first-order valence-electron chi connectivity index (χ1n) is 4.29. The van der Waals surface area contributed by atoms with Crippen LogP contribution in [0.15, 0.2) is 12.1 Å². The predicted octanol–water partition coefficient (Wildman–Crippen LogP) is 1.32. The Morgan fingerprint density at radius 1 is 1.57 bits per heavy atom. The lowest BCUT2D eigenvalue weighted by Gasteiger charge is -2.07. The first kappa shape index (κ1) is 10.4. The van der Waals surface area contributed by atoms with Crippen molar-refractivity contribution in [3.63, 3.8) is 0 Å². The fraction of sp³-hybridized carbons (Fsp3) is 0.300. The van der Waals surface area contributed by atoms with E-state index < -0.39 is 5.97 Å². The number of esters is 1. The molecule has 0 heterocycles. The maximum Gasteiger partial charge on any atom is 0.337 e. The Bertz CT molecular complexity index is 361. The SMILES string of the molecule is CCc1cc(C(=O)OC)cc(N)c1O. The zero-order valence-corrected chi connectivity index (χ0v) is 8.20. The molecule has 0 bridgehead atoms. The minimum Gasteiger partial charge on any atom is -0.506 e. The molecule has 0 aliphatic carbocycles. The molecule has 0 radical (unpaired) electrons. The quantitative estimate of drug-likeness (QED) is 0.424. The molecule has 1 aromatic rings. The van der Waals surface area contributed by atoms with E-state index >= 15 is 0 Å². The van der Waals surface area contributed by atoms with Gasteiger partial charge in [-0.25, -0.2) is 4.79 Å². The summed E-state index contributed by atoms with van der Waals surface area (Å²) < 4.78 is 4.55. The van der Waals surface area contributed by atoms with Crippen molar-refractivity contribution in [2.45, 2.75) is 13.3 Å². The number of carbonyl (C=O) groups is 1. The molecule has 4 heteroatoms. The first-order valence-corrected chi connectivity index (χ1v) is 4.29. The highest BCUT2D eigenvalue weighted by atomic mass is 16.5. The van der Waals surface area contributed by atoms with Crippen molar-refractivity contribution in [2.75, 3.05) is 12.8 Å². The van der Waals surface area contributed by atoms with Crippen LogP contribution in [0.2, 0.25) is 0 Å². The molecule has 0 atom stereocenters. The van der Waals surface area contributed by atoms with Gasteiger partial charge in [0.25, 0.3) is 0 Å². The molecule has 0 aliphatic rings. The van der Waals surface area contributed by atoms with Crippen LogP contribution in [0.3, 0.4) is 0 Å². The van der Waals surface area contributed by atoms with Gasteiger partial charge in [-0.2, -0.15) is 0 Å². The molecule has 0 amide bonds. The van der Waals surface area contributed by atoms with Crippen LogP contribution >= 0.6 is 0 Å². The van der Waals surface area contributed by atoms with Gasteiger partial charge in [-0.3, -0.25) is 0 Å². The molecule has 0 aliphatic heterocycles. The fourth-order valence-electron chi connectivity index (χ4n) is 1.22. The van der Waals surface area contributed by atoms with Crippen LogP contribution in [0.4, 0.5) is 5.69 Å². The third-order valence-electron chi connectivity index (χ3n) is 2.02. The topological polar surface area (TPSA) is 72.5 Å². The Morgan fingerprint density at radius 3 is 2.71 bits per heavy atom. The Labute approximate surface area is 82.3 Å². The monoisotopic (exact) mass is 195 g/mol. The fourth-order valence-corrected chi connectivity index (χ4v) is 1.22. The van der Waals surface area contributed by atoms with Crippen molar-refractivity contribution in [2.24, 2.45) is 0 Å². The lowest BCUT2D eigenvalue weighted by atomic mass is 10.1. The summed E-state index contributed by atoms with van der Waals surface area (Å²) >= 11 is 0. The number of phenolic OH excluding ortho intramolecular Hbond substituents is 1. The van der Waals surface area contributed by atoms with Crippen molar-refractivity contribution in [3.8, 4) is 5.75 Å². The van der Waals surface area contributed by atoms with Crippen LogP contribution in [0, 0.1) is 0 Å². The van der Waals surface area contributed by atoms with Crippen molar-refractivity contribution in [1.82, 2.24) is 0 Å². The molecule has 0 saturated carbocycles. The summed E-state index contributed by atoms with van der Waals surface area (Å²) in [5.41, 5.74) is 6.74. The second kappa shape index (κ2) is 4.00. The van der Waals surface area contributed by atoms with Crippen molar-refractivity contribution < 1.29 is 14.6 Å². The first-order chi connectivity index (χ1) is 6.60. The smallest absolute Gasteiger partial charge is 0.337 e. The van der Waals surface area contributed by atoms with Gasteiger partial charge in [0.2, 0.25) is 0 Å². The highest BCUT2D eigenvalue weighted by Crippen LogP contribution is 2.27. The number of rotatable bonds is 2. The zero-order valence-electron chi connectivity index (χ0n) is 8.20. The van der Waals surface area contributed by atoms with Crippen molar-refractivity contribution in [1.29, 1.82) is 0 Å². The summed E-state index contributed by atoms with van der Waals surface area (Å²) in [6.45, 7) is 1.87. The zero-order chi connectivity index (χ0) is 10.7. The highest BCUT2D eigenvalue weighted by Gasteiger charge is 2.11. The summed E-state index contributed by atoms with van der Waals surface area (Å²) in [6.07, 6.45) is 0.612. The normalized spacial score (nSPS) is 9.86. The molecular formula is C10H13NO3. The molecule has 0 saturated heterocycles. The van der Waals surface area contributed by atoms with Crippen LogP contribution < -0.4 is 5.73 Å². The van der Waals surface area contributed by atoms with Crippen LogP contribution in [0.5, 0.6) is 5.75 Å². The van der Waals surface area contributed by atoms with E-state index in [0.29, 0.717) is 17.5 Å². The van der Waals surface area contributed by atoms with Crippen LogP contribution in [-0.2, 0) is 11.2 Å². The number of nitrogens with two attached hydrogens (primary N) is 1. The summed E-state index contributed by atoms with van der Waals surface area (Å²) in [5.74, 6) is -0.411. The summed E-state index contributed by atoms with van der Waals surface area (Å²) in [7, 11) is 1.30. The minimum atomic E-state index is -0.452. The number of hydrogen-bond donors (Lipinski definition) is 2. The second-order valence-electron chi connectivity index (χ2n) is 2.92. The van der Waals surface area contributed by atoms with E-state index in [1.807, 2.05) is 6.92 Å². The number of phenols is 1. The second-order valence-corrected chi connectivity index (χ2v) is 2.92. The lowest BCUT2D eigenvalue weighted by molar-refractivity contribution is 0.0600. The van der Waals surface area contributed by atoms with E-state index in [9.17, 15) is 9.90 Å². The van der Waals surface area contributed by atoms with E-state index in [1.54, 1.807) is 6.07 Å². The van der Waals surface area contributed by atoms with Crippen LogP contribution in [0.1, 0.15) is 22.8 Å². The summed E-state index contributed by atoms with van der Waals surface area (Å²) in [4.78, 5) is 11.2.